The molecule has 5 heterocycles. The minimum atomic E-state index is -1.96. The molecule has 3 aliphatic rings. The van der Waals surface area contributed by atoms with E-state index in [-0.39, 0.29) is 63.7 Å². The van der Waals surface area contributed by atoms with E-state index in [0.717, 1.165) is 31.5 Å². The number of thioether (sulfide) groups is 1. The van der Waals surface area contributed by atoms with E-state index < -0.39 is 298 Å². The van der Waals surface area contributed by atoms with Crippen molar-refractivity contribution in [1.82, 2.24) is 87.6 Å². The summed E-state index contributed by atoms with van der Waals surface area (Å²) in [6.45, 7) is 2.42. The van der Waals surface area contributed by atoms with Crippen molar-refractivity contribution >= 4 is 152 Å². The van der Waals surface area contributed by atoms with Crippen molar-refractivity contribution in [2.45, 2.75) is 233 Å². The van der Waals surface area contributed by atoms with E-state index in [0.29, 0.717) is 63.1 Å². The van der Waals surface area contributed by atoms with Crippen LogP contribution in [0.2, 0.25) is 0 Å². The number of amides is 17. The molecule has 8 rings (SSSR count). The van der Waals surface area contributed by atoms with E-state index >= 15 is 33.6 Å². The Morgan fingerprint density at radius 2 is 0.970 bits per heavy atom. The number of aliphatic hydroxyl groups excluding tert-OH is 1. The number of likely N-dealkylation sites (N-methyl/N-ethyl adjacent to an activating group) is 3. The monoisotopic (exact) mass is 1890 g/mol. The first-order chi connectivity index (χ1) is 63.6. The number of aliphatic carboxylic acids is 3. The molecule has 0 bridgehead atoms. The van der Waals surface area contributed by atoms with Gasteiger partial charge in [-0.25, -0.2) is 0 Å². The summed E-state index contributed by atoms with van der Waals surface area (Å²) < 4.78 is 0. The number of aromatic hydroxyl groups is 1. The van der Waals surface area contributed by atoms with Gasteiger partial charge in [0.1, 0.15) is 90.3 Å². The van der Waals surface area contributed by atoms with Crippen LogP contribution in [0.3, 0.4) is 0 Å². The number of hydrogen-bond donors (Lipinski definition) is 20. The van der Waals surface area contributed by atoms with E-state index in [1.54, 1.807) is 68.6 Å². The van der Waals surface area contributed by atoms with Gasteiger partial charge in [-0.15, -0.1) is 11.8 Å². The van der Waals surface area contributed by atoms with Gasteiger partial charge in [0.2, 0.25) is 100 Å². The topological polar surface area (TPSA) is 689 Å². The molecule has 3 aliphatic heterocycles. The van der Waals surface area contributed by atoms with Gasteiger partial charge in [0.15, 0.2) is 0 Å². The molecule has 46 heteroatoms. The van der Waals surface area contributed by atoms with E-state index in [2.05, 4.69) is 63.1 Å². The summed E-state index contributed by atoms with van der Waals surface area (Å²) in [5.41, 5.74) is 19.4. The number of carboxylic acid groups (broad SMARTS) is 3. The number of rotatable bonds is 27. The van der Waals surface area contributed by atoms with Crippen molar-refractivity contribution < 1.29 is 121 Å². The number of carboxylic acids is 3. The Balaban J connectivity index is 1.21. The smallest absolute Gasteiger partial charge is 0.305 e. The first kappa shape index (κ1) is 106. The predicted octanol–water partition coefficient (Wildman–Crippen LogP) is -3.64. The molecule has 728 valence electrons. The summed E-state index contributed by atoms with van der Waals surface area (Å²) in [5.74, 6) is -23.8. The Bertz CT molecular complexity index is 5130. The lowest BCUT2D eigenvalue weighted by atomic mass is 9.99. The summed E-state index contributed by atoms with van der Waals surface area (Å²) in [6, 6.07) is -4.77. The predicted molar refractivity (Wildman–Crippen MR) is 481 cm³/mol. The van der Waals surface area contributed by atoms with Crippen LogP contribution in [-0.2, 0) is 115 Å². The van der Waals surface area contributed by atoms with Crippen LogP contribution >= 0.6 is 11.8 Å². The van der Waals surface area contributed by atoms with Gasteiger partial charge in [-0.1, -0.05) is 88.1 Å². The maximum absolute atomic E-state index is 15.8. The lowest BCUT2D eigenvalue weighted by Gasteiger charge is -2.36. The van der Waals surface area contributed by atoms with Crippen molar-refractivity contribution in [2.24, 2.45) is 17.2 Å². The van der Waals surface area contributed by atoms with Gasteiger partial charge in [0, 0.05) is 126 Å². The number of nitrogens with zero attached hydrogens (tertiary/aromatic N) is 5. The average molecular weight is 1890 g/mol. The number of carbonyl (C=O) groups excluding carboxylic acids is 17. The van der Waals surface area contributed by atoms with E-state index in [4.69, 9.17) is 17.2 Å². The SMILES string of the molecule is CCCC[C@H]1C(=O)N(C)[C@@H](CCCC)C(=O)N[C@@H](CCC(=O)O)C(=O)N[C@H](C(=O)NCC(N)=O)CSCC(=O)N[C@@H](Cc2ccc(O)cc2)C(=O)N(C)[C@@H](C)C(=O)N[C@H](CC(=O)O)C(=O)N2CCC[C@H]2C(=O)N[C@@H](CN)C(=O)N[C@@H](CCC(N)=O)C(=O)N2C[C@H](O)C[C@H]2C(=O)N[C@@H](Cc2c[nH]c3ccccc23)C(=O)N[C@@H](CCC(=O)O)C(=O)N[C@@H](Cc2c[nH]c3ccccc23)C(=O)N1C. The van der Waals surface area contributed by atoms with E-state index in [1.807, 2.05) is 0 Å². The van der Waals surface area contributed by atoms with Crippen LogP contribution < -0.4 is 70.4 Å². The lowest BCUT2D eigenvalue weighted by molar-refractivity contribution is -0.149. The molecular formula is C88H120N20O25S. The summed E-state index contributed by atoms with van der Waals surface area (Å²) in [6.07, 6.45) is -4.07. The normalized spacial score (nSPS) is 24.8. The Morgan fingerprint density at radius 3 is 1.54 bits per heavy atom. The zero-order valence-corrected chi connectivity index (χ0v) is 76.0. The van der Waals surface area contributed by atoms with Crippen molar-refractivity contribution in [2.75, 3.05) is 58.8 Å². The number of hydrogen-bond acceptors (Lipinski definition) is 24. The number of nitrogens with two attached hydrogens (primary N) is 3. The molecule has 3 saturated heterocycles. The minimum Gasteiger partial charge on any atom is -0.508 e. The third-order valence-electron chi connectivity index (χ3n) is 23.6. The summed E-state index contributed by atoms with van der Waals surface area (Å²) in [4.78, 5) is 296. The summed E-state index contributed by atoms with van der Waals surface area (Å²) >= 11 is 0.676. The fourth-order valence-electron chi connectivity index (χ4n) is 16.1. The van der Waals surface area contributed by atoms with Gasteiger partial charge < -0.3 is 130 Å². The number of H-pyrrole nitrogens is 2. The Hall–Kier alpha value is -13.8. The number of phenolic OH excluding ortho intramolecular Hbond substituents is 1. The summed E-state index contributed by atoms with van der Waals surface area (Å²) in [7, 11) is 3.67. The van der Waals surface area contributed by atoms with Crippen LogP contribution in [0.1, 0.15) is 140 Å². The molecule has 0 unspecified atom stereocenters. The number of benzene rings is 3. The van der Waals surface area contributed by atoms with Crippen LogP contribution in [0, 0.1) is 0 Å². The Labute approximate surface area is 774 Å². The first-order valence-electron chi connectivity index (χ1n) is 44.1. The fourth-order valence-corrected chi connectivity index (χ4v) is 17.0. The molecule has 0 saturated carbocycles. The van der Waals surface area contributed by atoms with Gasteiger partial charge in [-0.2, -0.15) is 0 Å². The zero-order valence-electron chi connectivity index (χ0n) is 75.2. The van der Waals surface area contributed by atoms with Gasteiger partial charge in [0.25, 0.3) is 0 Å². The maximum atomic E-state index is 15.8. The molecule has 23 N–H and O–H groups in total. The Kier molecular flexibility index (Phi) is 39.5. The van der Waals surface area contributed by atoms with E-state index in [9.17, 15) is 87.9 Å². The maximum Gasteiger partial charge on any atom is 0.305 e. The highest BCUT2D eigenvalue weighted by Gasteiger charge is 2.47. The van der Waals surface area contributed by atoms with Crippen LogP contribution in [0.15, 0.2) is 85.2 Å². The number of phenols is 1. The van der Waals surface area contributed by atoms with Crippen LogP contribution in [-0.4, -0.2) is 328 Å². The minimum absolute atomic E-state index is 0.0892. The van der Waals surface area contributed by atoms with Crippen molar-refractivity contribution in [3.63, 3.8) is 0 Å². The number of carbonyl (C=O) groups is 20. The molecule has 0 aliphatic carbocycles. The van der Waals surface area contributed by atoms with Crippen molar-refractivity contribution in [3.8, 4) is 5.75 Å². The standard InChI is InChI=1S/C88H120N20O25S/c1-7-9-20-65-81(126)97-57(29-32-73(116)117)78(123)103-64(76(121)94-42-70(91)112)44-134-45-71(113)95-60(34-47-23-25-50(109)26-24-47)84(129)104(4)46(3)75(120)100-62(38-74(118)119)87(132)107-33-15-22-66(107)82(127)102-63(39-89)80(125)98-58(27-30-69(90)111)86(131)108-43-51(110)37-68(108)83(128)99-59(35-48-40-92-54-18-13-11-16-52(48)54)79(124)96-56(28-31-72(114)115)77(122)101-61(36-49-41-93-55-19-14-12-17-53(49)55)85(130)106(6)67(21-10-8-2)88(133)105(65)5/h11-14,16-19,23-26,40-41,46,51,56-68,92-93,109-110H,7-10,15,20-22,27-39,42-45,89H2,1-6H3,(H2,90,111)(H2,91,112)(H,94,121)(H,95,113)(H,96,124)(H,97,126)(H,98,125)(H,99,128)(H,100,120)(H,101,122)(H,102,127)(H,103,123)(H,114,115)(H,116,117)(H,118,119)/t46-,51+,56-,57-,58-,59-,60-,61-,62+,63-,64-,65-,66-,67-,68-/m0/s1. The molecule has 0 radical (unpaired) electrons. The van der Waals surface area contributed by atoms with E-state index in [1.165, 1.54) is 51.5 Å². The van der Waals surface area contributed by atoms with Gasteiger partial charge in [-0.05, 0) is 92.8 Å². The number of primary amides is 2. The van der Waals surface area contributed by atoms with Gasteiger partial charge in [0.05, 0.1) is 24.8 Å². The Morgan fingerprint density at radius 1 is 0.485 bits per heavy atom. The average Bonchev–Trinajstić information content (AvgIpc) is 1.55. The molecule has 3 aromatic carbocycles. The third kappa shape index (κ3) is 29.6. The molecule has 5 aromatic rings. The molecule has 3 fully saturated rings. The van der Waals surface area contributed by atoms with Gasteiger partial charge >= 0.3 is 17.9 Å². The number of nitrogens with one attached hydrogen (secondary N) is 12. The number of para-hydroxylation sites is 2. The number of aromatic nitrogens is 2. The van der Waals surface area contributed by atoms with Crippen molar-refractivity contribution in [1.29, 1.82) is 0 Å². The third-order valence-corrected chi connectivity index (χ3v) is 24.7. The largest absolute Gasteiger partial charge is 0.508 e. The fraction of sp³-hybridized carbons (Fsp3) is 0.523. The molecule has 2 aromatic heterocycles. The van der Waals surface area contributed by atoms with Crippen molar-refractivity contribution in [3.05, 3.63) is 102 Å². The number of unbranched alkanes of at least 4 members (excludes halogenated alkanes) is 2. The highest BCUT2D eigenvalue weighted by Crippen LogP contribution is 2.28. The number of aromatic amines is 2. The highest BCUT2D eigenvalue weighted by molar-refractivity contribution is 8.00. The second-order valence-electron chi connectivity index (χ2n) is 33.4. The zero-order chi connectivity index (χ0) is 98.5. The second kappa shape index (κ2) is 50.2. The second-order valence-corrected chi connectivity index (χ2v) is 34.5. The van der Waals surface area contributed by atoms with Crippen LogP contribution in [0.4, 0.5) is 0 Å². The molecule has 0 spiro atoms. The van der Waals surface area contributed by atoms with Gasteiger partial charge in [-0.3, -0.25) is 95.9 Å². The first-order valence-corrected chi connectivity index (χ1v) is 45.3. The summed E-state index contributed by atoms with van der Waals surface area (Å²) in [5, 5.41) is 78.1. The lowest BCUT2D eigenvalue weighted by Crippen LogP contribution is -2.61. The molecular weight excluding hydrogens is 1770 g/mol. The molecule has 134 heavy (non-hydrogen) atoms. The molecule has 45 nitrogen and oxygen atoms in total. The molecule has 17 amide bonds. The van der Waals surface area contributed by atoms with Crippen LogP contribution in [0.25, 0.3) is 21.8 Å². The molecule has 15 atom stereocenters. The number of fused-ring (bicyclic) bond motifs is 4. The quantitative estimate of drug-likeness (QED) is 0.0241. The highest BCUT2D eigenvalue weighted by atomic mass is 32.2. The number of aliphatic hydroxyl groups is 1. The van der Waals surface area contributed by atoms with Crippen LogP contribution in [0.5, 0.6) is 5.75 Å².